The maximum absolute atomic E-state index is 12.8. The standard InChI is InChI=1S/C16H15NO3/c1-16-10-7-6-9(8-10)13(16)14(19)17(15(16)20)11-4-2-3-5-12(11)18/h2-7,9-10,13,18H,8H2,1H3/t9-,10+,13+,16-/m0/s1. The fourth-order valence-corrected chi connectivity index (χ4v) is 4.19. The fourth-order valence-electron chi connectivity index (χ4n) is 4.19. The number of hydrogen-bond donors (Lipinski definition) is 1. The van der Waals surface area contributed by atoms with Crippen molar-refractivity contribution in [3.63, 3.8) is 0 Å². The molecule has 2 bridgehead atoms. The number of hydrogen-bond acceptors (Lipinski definition) is 3. The van der Waals surface area contributed by atoms with E-state index in [-0.39, 0.29) is 35.3 Å². The van der Waals surface area contributed by atoms with Crippen molar-refractivity contribution in [2.24, 2.45) is 23.2 Å². The molecule has 1 heterocycles. The summed E-state index contributed by atoms with van der Waals surface area (Å²) in [5.74, 6) is -0.341. The molecule has 1 saturated heterocycles. The second-order valence-corrected chi connectivity index (χ2v) is 6.12. The summed E-state index contributed by atoms with van der Waals surface area (Å²) in [6.07, 6.45) is 5.03. The van der Waals surface area contributed by atoms with Crippen LogP contribution in [0.4, 0.5) is 5.69 Å². The molecule has 1 aromatic rings. The van der Waals surface area contributed by atoms with E-state index in [1.165, 1.54) is 11.0 Å². The zero-order valence-corrected chi connectivity index (χ0v) is 11.1. The van der Waals surface area contributed by atoms with E-state index in [1.807, 2.05) is 6.92 Å². The number of benzene rings is 1. The van der Waals surface area contributed by atoms with Gasteiger partial charge in [-0.1, -0.05) is 24.3 Å². The number of carbonyl (C=O) groups excluding carboxylic acids is 2. The van der Waals surface area contributed by atoms with Gasteiger partial charge in [0.2, 0.25) is 11.8 Å². The average molecular weight is 269 g/mol. The summed E-state index contributed by atoms with van der Waals surface area (Å²) in [5.41, 5.74) is -0.337. The first kappa shape index (κ1) is 11.7. The van der Waals surface area contributed by atoms with E-state index in [9.17, 15) is 14.7 Å². The van der Waals surface area contributed by atoms with Crippen molar-refractivity contribution in [3.05, 3.63) is 36.4 Å². The van der Waals surface area contributed by atoms with E-state index in [0.29, 0.717) is 5.69 Å². The molecule has 1 N–H and O–H groups in total. The van der Waals surface area contributed by atoms with Crippen molar-refractivity contribution in [1.29, 1.82) is 0 Å². The lowest BCUT2D eigenvalue weighted by molar-refractivity contribution is -0.127. The van der Waals surface area contributed by atoms with E-state index < -0.39 is 5.41 Å². The van der Waals surface area contributed by atoms with Gasteiger partial charge in [-0.25, -0.2) is 4.90 Å². The molecule has 20 heavy (non-hydrogen) atoms. The van der Waals surface area contributed by atoms with Crippen LogP contribution < -0.4 is 4.90 Å². The van der Waals surface area contributed by atoms with Crippen LogP contribution in [0.2, 0.25) is 0 Å². The number of anilines is 1. The number of phenols is 1. The number of aromatic hydroxyl groups is 1. The maximum Gasteiger partial charge on any atom is 0.241 e. The molecule has 2 amide bonds. The first-order valence-electron chi connectivity index (χ1n) is 6.90. The molecule has 2 aliphatic carbocycles. The molecule has 0 aromatic heterocycles. The molecular formula is C16H15NO3. The molecule has 1 saturated carbocycles. The SMILES string of the molecule is C[C@@]12C(=O)N(c3ccccc3O)C(=O)[C@H]1[C@H]1C=C[C@@H]2C1. The largest absolute Gasteiger partial charge is 0.506 e. The van der Waals surface area contributed by atoms with E-state index in [1.54, 1.807) is 18.2 Å². The van der Waals surface area contributed by atoms with Gasteiger partial charge >= 0.3 is 0 Å². The third-order valence-electron chi connectivity index (χ3n) is 5.23. The number of phenolic OH excluding ortho intramolecular Hbond substituents is 1. The number of carbonyl (C=O) groups is 2. The normalized spacial score (nSPS) is 37.9. The monoisotopic (exact) mass is 269 g/mol. The van der Waals surface area contributed by atoms with Gasteiger partial charge in [0.25, 0.3) is 0 Å². The van der Waals surface area contributed by atoms with Gasteiger partial charge in [-0.3, -0.25) is 9.59 Å². The molecule has 2 fully saturated rings. The molecule has 102 valence electrons. The van der Waals surface area contributed by atoms with Gasteiger partial charge in [0.1, 0.15) is 5.75 Å². The Hall–Kier alpha value is -2.10. The maximum atomic E-state index is 12.8. The van der Waals surface area contributed by atoms with Gasteiger partial charge in [0.05, 0.1) is 17.0 Å². The first-order chi connectivity index (χ1) is 9.55. The minimum atomic E-state index is -0.640. The molecule has 4 nitrogen and oxygen atoms in total. The van der Waals surface area contributed by atoms with Crippen LogP contribution in [0.5, 0.6) is 5.75 Å². The van der Waals surface area contributed by atoms with Gasteiger partial charge < -0.3 is 5.11 Å². The topological polar surface area (TPSA) is 57.6 Å². The number of para-hydroxylation sites is 2. The molecular weight excluding hydrogens is 254 g/mol. The van der Waals surface area contributed by atoms with E-state index in [4.69, 9.17) is 0 Å². The fraction of sp³-hybridized carbons (Fsp3) is 0.375. The second kappa shape index (κ2) is 3.51. The zero-order chi connectivity index (χ0) is 14.1. The number of rotatable bonds is 1. The van der Waals surface area contributed by atoms with Crippen LogP contribution in [-0.4, -0.2) is 16.9 Å². The molecule has 4 atom stereocenters. The van der Waals surface area contributed by atoms with Gasteiger partial charge in [0.15, 0.2) is 0 Å². The Morgan fingerprint density at radius 1 is 1.25 bits per heavy atom. The summed E-state index contributed by atoms with van der Waals surface area (Å²) in [4.78, 5) is 26.7. The van der Waals surface area contributed by atoms with Crippen LogP contribution >= 0.6 is 0 Å². The van der Waals surface area contributed by atoms with Crippen LogP contribution in [0.3, 0.4) is 0 Å². The Kier molecular flexibility index (Phi) is 2.05. The lowest BCUT2D eigenvalue weighted by Crippen LogP contribution is -2.37. The Morgan fingerprint density at radius 3 is 2.70 bits per heavy atom. The van der Waals surface area contributed by atoms with Gasteiger partial charge in [-0.2, -0.15) is 0 Å². The van der Waals surface area contributed by atoms with Crippen LogP contribution in [0.25, 0.3) is 0 Å². The number of fused-ring (bicyclic) bond motifs is 5. The highest BCUT2D eigenvalue weighted by Crippen LogP contribution is 2.61. The molecule has 0 unspecified atom stereocenters. The van der Waals surface area contributed by atoms with Gasteiger partial charge in [-0.15, -0.1) is 0 Å². The summed E-state index contributed by atoms with van der Waals surface area (Å²) in [7, 11) is 0. The Balaban J connectivity index is 1.85. The average Bonchev–Trinajstić information content (AvgIpc) is 3.05. The van der Waals surface area contributed by atoms with E-state index in [2.05, 4.69) is 12.2 Å². The van der Waals surface area contributed by atoms with Crippen molar-refractivity contribution in [3.8, 4) is 5.75 Å². The molecule has 4 rings (SSSR count). The number of amides is 2. The molecule has 3 aliphatic rings. The lowest BCUT2D eigenvalue weighted by atomic mass is 9.71. The van der Waals surface area contributed by atoms with Crippen LogP contribution in [0.15, 0.2) is 36.4 Å². The van der Waals surface area contributed by atoms with Crippen molar-refractivity contribution in [2.75, 3.05) is 4.90 Å². The molecule has 0 radical (unpaired) electrons. The summed E-state index contributed by atoms with van der Waals surface area (Å²) < 4.78 is 0. The molecule has 1 aliphatic heterocycles. The predicted molar refractivity (Wildman–Crippen MR) is 72.9 cm³/mol. The predicted octanol–water partition coefficient (Wildman–Crippen LogP) is 2.09. The van der Waals surface area contributed by atoms with Crippen LogP contribution in [0, 0.1) is 23.2 Å². The van der Waals surface area contributed by atoms with Gasteiger partial charge in [-0.05, 0) is 37.3 Å². The summed E-state index contributed by atoms with van der Waals surface area (Å²) in [6.45, 7) is 1.89. The highest BCUT2D eigenvalue weighted by atomic mass is 16.3. The Labute approximate surface area is 116 Å². The van der Waals surface area contributed by atoms with Crippen LogP contribution in [-0.2, 0) is 9.59 Å². The number of allylic oxidation sites excluding steroid dienone is 2. The van der Waals surface area contributed by atoms with Crippen LogP contribution in [0.1, 0.15) is 13.3 Å². The minimum Gasteiger partial charge on any atom is -0.506 e. The molecule has 1 aromatic carbocycles. The summed E-state index contributed by atoms with van der Waals surface area (Å²) in [5, 5.41) is 9.94. The molecule has 0 spiro atoms. The van der Waals surface area contributed by atoms with Crippen molar-refractivity contribution < 1.29 is 14.7 Å². The van der Waals surface area contributed by atoms with E-state index in [0.717, 1.165) is 6.42 Å². The third kappa shape index (κ3) is 1.13. The minimum absolute atomic E-state index is 0.0296. The number of nitrogens with zero attached hydrogens (tertiary/aromatic N) is 1. The smallest absolute Gasteiger partial charge is 0.241 e. The van der Waals surface area contributed by atoms with Crippen molar-refractivity contribution in [2.45, 2.75) is 13.3 Å². The Bertz CT molecular complexity index is 665. The third-order valence-corrected chi connectivity index (χ3v) is 5.23. The summed E-state index contributed by atoms with van der Waals surface area (Å²) >= 11 is 0. The van der Waals surface area contributed by atoms with E-state index >= 15 is 0 Å². The zero-order valence-electron chi connectivity index (χ0n) is 11.1. The summed E-state index contributed by atoms with van der Waals surface area (Å²) in [6, 6.07) is 6.51. The highest BCUT2D eigenvalue weighted by molar-refractivity contribution is 6.25. The van der Waals surface area contributed by atoms with Gasteiger partial charge in [0, 0.05) is 0 Å². The van der Waals surface area contributed by atoms with Crippen molar-refractivity contribution >= 4 is 17.5 Å². The second-order valence-electron chi connectivity index (χ2n) is 6.12. The lowest BCUT2D eigenvalue weighted by Gasteiger charge is -2.28. The number of imide groups is 1. The Morgan fingerprint density at radius 2 is 2.00 bits per heavy atom. The highest BCUT2D eigenvalue weighted by Gasteiger charge is 2.67. The first-order valence-corrected chi connectivity index (χ1v) is 6.90. The quantitative estimate of drug-likeness (QED) is 0.627. The van der Waals surface area contributed by atoms with Crippen molar-refractivity contribution in [1.82, 2.24) is 0 Å². The molecule has 4 heteroatoms.